The monoisotopic (exact) mass is 986 g/mol. The van der Waals surface area contributed by atoms with Gasteiger partial charge >= 0.3 is 12.0 Å². The minimum absolute atomic E-state index is 0.0452. The largest absolute Gasteiger partial charge is 0.461 e. The van der Waals surface area contributed by atoms with Crippen molar-refractivity contribution < 1.29 is 75.7 Å². The Morgan fingerprint density at radius 3 is 0.955 bits per heavy atom. The Balaban J connectivity index is 1.11. The quantitative estimate of drug-likeness (QED) is 0.0507. The molecule has 0 saturated carbocycles. The molecule has 0 aliphatic rings. The zero-order chi connectivity index (χ0) is 47.5. The number of nitrogens with zero attached hydrogens (tertiary/aromatic N) is 3. The molecule has 366 valence electrons. The first kappa shape index (κ1) is 54.2. The summed E-state index contributed by atoms with van der Waals surface area (Å²) >= 11 is 0. The summed E-state index contributed by atoms with van der Waals surface area (Å²) in [6, 6.07) is 19.0. The van der Waals surface area contributed by atoms with Crippen LogP contribution in [-0.4, -0.2) is 159 Å². The van der Waals surface area contributed by atoms with Crippen molar-refractivity contribution in [1.29, 1.82) is 0 Å². The highest BCUT2D eigenvalue weighted by Gasteiger charge is 2.17. The number of hydrogen-bond donors (Lipinski definition) is 1. The van der Waals surface area contributed by atoms with Crippen molar-refractivity contribution >= 4 is 36.3 Å². The van der Waals surface area contributed by atoms with Crippen LogP contribution in [0.15, 0.2) is 87.5 Å². The van der Waals surface area contributed by atoms with Gasteiger partial charge in [0.2, 0.25) is 5.95 Å². The molecule has 0 amide bonds. The predicted octanol–water partition coefficient (Wildman–Crippen LogP) is 3.28. The zero-order valence-electron chi connectivity index (χ0n) is 37.2. The van der Waals surface area contributed by atoms with E-state index in [4.69, 9.17) is 50.4 Å². The molecule has 24 heteroatoms. The summed E-state index contributed by atoms with van der Waals surface area (Å²) in [7, 11) is -11.6. The molecule has 4 rings (SSSR count). The Bertz CT molecular complexity index is 2050. The smallest absolute Gasteiger partial charge is 0.324 e. The minimum Gasteiger partial charge on any atom is -0.461 e. The van der Waals surface area contributed by atoms with E-state index in [9.17, 15) is 25.3 Å². The van der Waals surface area contributed by atoms with Gasteiger partial charge in [0.05, 0.1) is 114 Å². The highest BCUT2D eigenvalue weighted by molar-refractivity contribution is 7.87. The predicted molar refractivity (Wildman–Crippen MR) is 237 cm³/mol. The summed E-state index contributed by atoms with van der Waals surface area (Å²) in [4.78, 5) is 13.0. The van der Waals surface area contributed by atoms with Crippen LogP contribution >= 0.6 is 0 Å². The Morgan fingerprint density at radius 1 is 0.364 bits per heavy atom. The van der Waals surface area contributed by atoms with Crippen molar-refractivity contribution in [3.05, 3.63) is 89.5 Å². The summed E-state index contributed by atoms with van der Waals surface area (Å²) in [6.45, 7) is 7.48. The van der Waals surface area contributed by atoms with Gasteiger partial charge in [-0.2, -0.15) is 35.2 Å². The molecule has 0 bridgehead atoms. The summed E-state index contributed by atoms with van der Waals surface area (Å²) in [6.07, 6.45) is 0. The van der Waals surface area contributed by atoms with Gasteiger partial charge in [0.25, 0.3) is 30.4 Å². The van der Waals surface area contributed by atoms with Crippen LogP contribution in [0.5, 0.6) is 12.0 Å². The normalized spacial score (nSPS) is 12.0. The lowest BCUT2D eigenvalue weighted by Gasteiger charge is -2.11. The first-order valence-corrected chi connectivity index (χ1v) is 25.1. The van der Waals surface area contributed by atoms with E-state index in [0.717, 1.165) is 16.7 Å². The van der Waals surface area contributed by atoms with Crippen LogP contribution in [0.1, 0.15) is 16.7 Å². The molecule has 1 heterocycles. The molecule has 1 N–H and O–H groups in total. The van der Waals surface area contributed by atoms with Crippen molar-refractivity contribution in [2.45, 2.75) is 35.5 Å². The number of rotatable bonds is 36. The van der Waals surface area contributed by atoms with Gasteiger partial charge in [0.1, 0.15) is 13.2 Å². The van der Waals surface area contributed by atoms with Crippen molar-refractivity contribution in [1.82, 2.24) is 15.0 Å². The second kappa shape index (κ2) is 29.3. The van der Waals surface area contributed by atoms with E-state index >= 15 is 0 Å². The minimum atomic E-state index is -3.88. The maximum Gasteiger partial charge on any atom is 0.324 e. The van der Waals surface area contributed by atoms with Gasteiger partial charge in [0, 0.05) is 6.54 Å². The third-order valence-electron chi connectivity index (χ3n) is 8.49. The highest BCUT2D eigenvalue weighted by Crippen LogP contribution is 2.16. The maximum absolute atomic E-state index is 12.3. The van der Waals surface area contributed by atoms with E-state index in [1.54, 1.807) is 36.4 Å². The van der Waals surface area contributed by atoms with E-state index in [0.29, 0.717) is 6.54 Å². The number of aromatic nitrogens is 3. The number of anilines is 1. The van der Waals surface area contributed by atoms with Crippen molar-refractivity contribution in [3.8, 4) is 12.0 Å². The lowest BCUT2D eigenvalue weighted by Crippen LogP contribution is -2.18. The summed E-state index contributed by atoms with van der Waals surface area (Å²) in [5.41, 5.74) is 2.80. The molecule has 0 aliphatic carbocycles. The van der Waals surface area contributed by atoms with Crippen molar-refractivity contribution in [2.75, 3.05) is 124 Å². The first-order valence-electron chi connectivity index (χ1n) is 20.8. The molecule has 0 unspecified atom stereocenters. The third kappa shape index (κ3) is 21.5. The molecule has 1 aromatic heterocycles. The fourth-order valence-electron chi connectivity index (χ4n) is 5.06. The second-order valence-corrected chi connectivity index (χ2v) is 18.6. The molecule has 66 heavy (non-hydrogen) atoms. The van der Waals surface area contributed by atoms with E-state index < -0.39 is 30.4 Å². The van der Waals surface area contributed by atoms with Crippen LogP contribution < -0.4 is 14.8 Å². The van der Waals surface area contributed by atoms with Gasteiger partial charge in [-0.05, 0) is 57.2 Å². The lowest BCUT2D eigenvalue weighted by atomic mass is 10.2. The van der Waals surface area contributed by atoms with Crippen LogP contribution in [0.2, 0.25) is 0 Å². The lowest BCUT2D eigenvalue weighted by molar-refractivity contribution is 0.0256. The number of aryl methyl sites for hydroxylation is 3. The average Bonchev–Trinajstić information content (AvgIpc) is 3.28. The molecular formula is C42H58N4O17S3. The van der Waals surface area contributed by atoms with Gasteiger partial charge in [0.15, 0.2) is 0 Å². The van der Waals surface area contributed by atoms with Crippen LogP contribution in [0.3, 0.4) is 0 Å². The summed E-state index contributed by atoms with van der Waals surface area (Å²) in [5, 5.41) is 3.02. The first-order chi connectivity index (χ1) is 31.7. The van der Waals surface area contributed by atoms with E-state index in [2.05, 4.69) is 20.3 Å². The van der Waals surface area contributed by atoms with Gasteiger partial charge in [-0.3, -0.25) is 12.5 Å². The summed E-state index contributed by atoms with van der Waals surface area (Å²) in [5.74, 6) is 0.142. The van der Waals surface area contributed by atoms with E-state index in [-0.39, 0.29) is 145 Å². The average molecular weight is 987 g/mol. The van der Waals surface area contributed by atoms with Crippen LogP contribution in [-0.2, 0) is 71.3 Å². The Kier molecular flexibility index (Phi) is 24.1. The summed E-state index contributed by atoms with van der Waals surface area (Å²) < 4.78 is 133. The highest BCUT2D eigenvalue weighted by atomic mass is 32.2. The SMILES string of the molecule is Cc1ccc(S(=O)(=O)OCCOCCOCCNc2nc(OCCOCCOCCOS(=O)(=O)c3ccc(C)cc3)nc(OCCOCCOCCOS(=O)(=O)c3ccc(C)cc3)n2)cc1. The Labute approximate surface area is 386 Å². The number of benzene rings is 3. The standard InChI is InChI=1S/C42H58N4O17S3/c1-34-4-10-37(11-5-34)64(47,48)61-31-26-56-19-18-53-17-16-43-40-44-41(59-29-24-54-20-22-57-27-32-62-65(49,50)38-12-6-35(2)7-13-38)46-42(45-40)60-30-25-55-21-23-58-28-33-63-66(51,52)39-14-8-36(3)9-15-39/h4-15H,16-33H2,1-3H3,(H,43,44,45,46). The van der Waals surface area contributed by atoms with Gasteiger partial charge in [-0.1, -0.05) is 53.1 Å². The molecule has 0 aliphatic heterocycles. The van der Waals surface area contributed by atoms with Crippen molar-refractivity contribution in [3.63, 3.8) is 0 Å². The molecular weight excluding hydrogens is 929 g/mol. The second-order valence-electron chi connectivity index (χ2n) is 13.8. The Morgan fingerprint density at radius 2 is 0.636 bits per heavy atom. The van der Waals surface area contributed by atoms with Crippen LogP contribution in [0.25, 0.3) is 0 Å². The van der Waals surface area contributed by atoms with Gasteiger partial charge in [-0.25, -0.2) is 0 Å². The zero-order valence-corrected chi connectivity index (χ0v) is 39.6. The fraction of sp³-hybridized carbons (Fsp3) is 0.500. The molecule has 0 spiro atoms. The van der Waals surface area contributed by atoms with Crippen LogP contribution in [0, 0.1) is 20.8 Å². The fourth-order valence-corrected chi connectivity index (χ4v) is 7.74. The third-order valence-corrected chi connectivity index (χ3v) is 12.5. The topological polar surface area (TPSA) is 255 Å². The van der Waals surface area contributed by atoms with E-state index in [1.165, 1.54) is 36.4 Å². The molecule has 21 nitrogen and oxygen atoms in total. The van der Waals surface area contributed by atoms with E-state index in [1.807, 2.05) is 20.8 Å². The number of hydrogen-bond acceptors (Lipinski definition) is 21. The number of ether oxygens (including phenoxy) is 8. The maximum atomic E-state index is 12.3. The van der Waals surface area contributed by atoms with Crippen molar-refractivity contribution in [2.24, 2.45) is 0 Å². The molecule has 0 radical (unpaired) electrons. The van der Waals surface area contributed by atoms with Crippen LogP contribution in [0.4, 0.5) is 5.95 Å². The number of nitrogens with one attached hydrogen (secondary N) is 1. The van der Waals surface area contributed by atoms with Gasteiger partial charge < -0.3 is 43.2 Å². The molecule has 4 aromatic rings. The molecule has 3 aromatic carbocycles. The molecule has 0 fully saturated rings. The Hall–Kier alpha value is -4.44. The molecule has 0 saturated heterocycles. The molecule has 0 atom stereocenters. The van der Waals surface area contributed by atoms with Gasteiger partial charge in [-0.15, -0.1) is 4.98 Å².